The van der Waals surface area contributed by atoms with Crippen LogP contribution in [0.1, 0.15) is 6.23 Å². The highest BCUT2D eigenvalue weighted by molar-refractivity contribution is 7.47. The number of hydrogen-bond acceptors (Lipinski definition) is 9. The van der Waals surface area contributed by atoms with Crippen molar-refractivity contribution in [1.29, 1.82) is 0 Å². The predicted molar refractivity (Wildman–Crippen MR) is 70.3 cm³/mol. The van der Waals surface area contributed by atoms with E-state index >= 15 is 0 Å². The second-order valence-electron chi connectivity index (χ2n) is 4.94. The Morgan fingerprint density at radius 1 is 1.32 bits per heavy atom. The second-order valence-corrected chi connectivity index (χ2v) is 6.30. The number of nitrogens with two attached hydrogens (primary N) is 1. The number of aliphatic hydroxyl groups is 1. The fourth-order valence-corrected chi connectivity index (χ4v) is 3.85. The van der Waals surface area contributed by atoms with Gasteiger partial charge >= 0.3 is 7.82 Å². The summed E-state index contributed by atoms with van der Waals surface area (Å²) >= 11 is 0. The smallest absolute Gasteiger partial charge is 0.394 e. The number of aliphatic hydroxyl groups excluding tert-OH is 1. The van der Waals surface area contributed by atoms with E-state index in [9.17, 15) is 14.6 Å². The highest BCUT2D eigenvalue weighted by Gasteiger charge is 2.57. The maximum absolute atomic E-state index is 11.6. The van der Waals surface area contributed by atoms with E-state index < -0.39 is 32.4 Å². The van der Waals surface area contributed by atoms with E-state index in [1.165, 1.54) is 17.2 Å². The maximum Gasteiger partial charge on any atom is 0.473 e. The van der Waals surface area contributed by atoms with Gasteiger partial charge in [0.15, 0.2) is 17.7 Å². The lowest BCUT2D eigenvalue weighted by molar-refractivity contribution is -0.0589. The molecule has 2 aliphatic rings. The summed E-state index contributed by atoms with van der Waals surface area (Å²) in [6, 6.07) is 0. The van der Waals surface area contributed by atoms with Crippen molar-refractivity contribution in [2.45, 2.75) is 24.5 Å². The second kappa shape index (κ2) is 4.69. The van der Waals surface area contributed by atoms with Crippen LogP contribution in [-0.4, -0.2) is 54.4 Å². The highest BCUT2D eigenvalue weighted by Crippen LogP contribution is 2.58. The SMILES string of the molecule is Nc1ncnc2c1ncn2[C@@H]1O[C@H](CO)C2OP(=O)(O)O[C@@H]21. The fourth-order valence-electron chi connectivity index (χ4n) is 2.71. The first-order chi connectivity index (χ1) is 10.5. The van der Waals surface area contributed by atoms with Crippen molar-refractivity contribution in [3.05, 3.63) is 12.7 Å². The van der Waals surface area contributed by atoms with Crippen LogP contribution in [0, 0.1) is 0 Å². The molecule has 0 spiro atoms. The van der Waals surface area contributed by atoms with Crippen LogP contribution in [0.4, 0.5) is 5.82 Å². The average Bonchev–Trinajstić information content (AvgIpc) is 3.10. The molecule has 5 atom stereocenters. The molecule has 2 unspecified atom stereocenters. The minimum Gasteiger partial charge on any atom is -0.394 e. The Labute approximate surface area is 123 Å². The molecule has 4 N–H and O–H groups in total. The van der Waals surface area contributed by atoms with Gasteiger partial charge in [-0.1, -0.05) is 0 Å². The summed E-state index contributed by atoms with van der Waals surface area (Å²) in [6.07, 6.45) is -0.668. The zero-order valence-corrected chi connectivity index (χ0v) is 11.9. The summed E-state index contributed by atoms with van der Waals surface area (Å²) < 4.78 is 28.8. The van der Waals surface area contributed by atoms with Crippen LogP contribution in [0.2, 0.25) is 0 Å². The molecule has 0 saturated carbocycles. The molecule has 2 aromatic rings. The Morgan fingerprint density at radius 3 is 2.86 bits per heavy atom. The number of imidazole rings is 1. The first-order valence-corrected chi connectivity index (χ1v) is 7.88. The topological polar surface area (TPSA) is 155 Å². The van der Waals surface area contributed by atoms with Crippen molar-refractivity contribution in [1.82, 2.24) is 19.5 Å². The van der Waals surface area contributed by atoms with Crippen LogP contribution >= 0.6 is 7.82 Å². The molecule has 2 saturated heterocycles. The van der Waals surface area contributed by atoms with Crippen molar-refractivity contribution in [2.24, 2.45) is 0 Å². The lowest BCUT2D eigenvalue weighted by Crippen LogP contribution is -2.30. The Balaban J connectivity index is 1.78. The number of hydrogen-bond donors (Lipinski definition) is 3. The molecule has 4 heterocycles. The average molecular weight is 329 g/mol. The Morgan fingerprint density at radius 2 is 2.09 bits per heavy atom. The van der Waals surface area contributed by atoms with Gasteiger partial charge in [0.2, 0.25) is 0 Å². The molecule has 0 bridgehead atoms. The predicted octanol–water partition coefficient (Wildman–Crippen LogP) is -0.817. The first kappa shape index (κ1) is 14.0. The molecule has 0 radical (unpaired) electrons. The number of fused-ring (bicyclic) bond motifs is 2. The lowest BCUT2D eigenvalue weighted by atomic mass is 10.1. The van der Waals surface area contributed by atoms with E-state index in [4.69, 9.17) is 19.5 Å². The molecule has 11 nitrogen and oxygen atoms in total. The number of phosphoric acid groups is 1. The third-order valence-corrected chi connectivity index (χ3v) is 4.66. The maximum atomic E-state index is 11.6. The molecule has 12 heteroatoms. The molecular weight excluding hydrogens is 317 g/mol. The standard InChI is InChI=1S/C10H12N5O6P/c11-8-5-9(13-2-12-8)15(3-14-5)10-7-6(4(1-16)19-10)20-22(17,18)21-7/h2-4,6-7,10,16H,1H2,(H,17,18)(H2,11,12,13)/t4-,6?,7+,10-/m1/s1. The summed E-state index contributed by atoms with van der Waals surface area (Å²) in [6.45, 7) is -0.384. The molecule has 2 fully saturated rings. The Kier molecular flexibility index (Phi) is 2.98. The van der Waals surface area contributed by atoms with Gasteiger partial charge in [0.1, 0.15) is 30.2 Å². The van der Waals surface area contributed by atoms with E-state index in [1.807, 2.05) is 0 Å². The Bertz CT molecular complexity index is 782. The van der Waals surface area contributed by atoms with Crippen LogP contribution < -0.4 is 5.73 Å². The van der Waals surface area contributed by atoms with E-state index in [1.54, 1.807) is 0 Å². The minimum atomic E-state index is -4.16. The van der Waals surface area contributed by atoms with E-state index in [0.717, 1.165) is 0 Å². The number of rotatable bonds is 2. The quantitative estimate of drug-likeness (QED) is 0.595. The lowest BCUT2D eigenvalue weighted by Gasteiger charge is -2.18. The monoisotopic (exact) mass is 329 g/mol. The van der Waals surface area contributed by atoms with Gasteiger partial charge < -0.3 is 20.5 Å². The zero-order chi connectivity index (χ0) is 15.5. The molecule has 0 aromatic carbocycles. The van der Waals surface area contributed by atoms with Gasteiger partial charge in [0.05, 0.1) is 12.9 Å². The summed E-state index contributed by atoms with van der Waals surface area (Å²) in [4.78, 5) is 21.5. The van der Waals surface area contributed by atoms with Crippen molar-refractivity contribution in [3.8, 4) is 0 Å². The third kappa shape index (κ3) is 1.95. The number of anilines is 1. The molecule has 4 rings (SSSR count). The van der Waals surface area contributed by atoms with E-state index in [2.05, 4.69) is 15.0 Å². The van der Waals surface area contributed by atoms with Gasteiger partial charge in [-0.05, 0) is 0 Å². The fraction of sp³-hybridized carbons (Fsp3) is 0.500. The largest absolute Gasteiger partial charge is 0.473 e. The summed E-state index contributed by atoms with van der Waals surface area (Å²) in [5.74, 6) is 0.202. The molecule has 0 amide bonds. The van der Waals surface area contributed by atoms with Crippen LogP contribution in [0.3, 0.4) is 0 Å². The van der Waals surface area contributed by atoms with Gasteiger partial charge in [0, 0.05) is 0 Å². The molecule has 118 valence electrons. The molecule has 22 heavy (non-hydrogen) atoms. The van der Waals surface area contributed by atoms with Crippen molar-refractivity contribution >= 4 is 24.8 Å². The van der Waals surface area contributed by atoms with Gasteiger partial charge in [-0.25, -0.2) is 19.5 Å². The summed E-state index contributed by atoms with van der Waals surface area (Å²) in [5, 5.41) is 9.35. The molecule has 2 aliphatic heterocycles. The summed E-state index contributed by atoms with van der Waals surface area (Å²) in [7, 11) is -4.16. The number of nitrogens with zero attached hydrogens (tertiary/aromatic N) is 4. The Hall–Kier alpha value is -1.62. The van der Waals surface area contributed by atoms with Crippen LogP contribution in [-0.2, 0) is 18.3 Å². The van der Waals surface area contributed by atoms with Crippen molar-refractivity contribution in [2.75, 3.05) is 12.3 Å². The summed E-state index contributed by atoms with van der Waals surface area (Å²) in [5.41, 5.74) is 6.49. The van der Waals surface area contributed by atoms with Crippen LogP contribution in [0.25, 0.3) is 11.2 Å². The van der Waals surface area contributed by atoms with Crippen LogP contribution in [0.15, 0.2) is 12.7 Å². The van der Waals surface area contributed by atoms with Gasteiger partial charge in [-0.15, -0.1) is 0 Å². The number of phosphoric ester groups is 1. The van der Waals surface area contributed by atoms with Gasteiger partial charge in [0.25, 0.3) is 0 Å². The first-order valence-electron chi connectivity index (χ1n) is 6.39. The molecular formula is C10H12N5O6P. The normalized spacial score (nSPS) is 37.7. The van der Waals surface area contributed by atoms with Crippen molar-refractivity contribution < 1.29 is 28.3 Å². The van der Waals surface area contributed by atoms with E-state index in [0.29, 0.717) is 11.2 Å². The van der Waals surface area contributed by atoms with Gasteiger partial charge in [-0.3, -0.25) is 13.6 Å². The zero-order valence-electron chi connectivity index (χ0n) is 11.0. The molecule has 0 aliphatic carbocycles. The minimum absolute atomic E-state index is 0.202. The van der Waals surface area contributed by atoms with Gasteiger partial charge in [-0.2, -0.15) is 0 Å². The number of nitrogen functional groups attached to an aromatic ring is 1. The van der Waals surface area contributed by atoms with Crippen LogP contribution in [0.5, 0.6) is 0 Å². The number of ether oxygens (including phenoxy) is 1. The number of aromatic nitrogens is 4. The van der Waals surface area contributed by atoms with Crippen molar-refractivity contribution in [3.63, 3.8) is 0 Å². The highest BCUT2D eigenvalue weighted by atomic mass is 31.2. The molecule has 2 aromatic heterocycles. The van der Waals surface area contributed by atoms with E-state index in [-0.39, 0.29) is 12.4 Å². The third-order valence-electron chi connectivity index (χ3n) is 3.64.